The SMILES string of the molecule is CC(C)C(C)N=C1N=CC(C(F)(F)F)=C(N)C(C)C1C. The number of halogens is 3. The Bertz CT molecular complexity index is 447. The van der Waals surface area contributed by atoms with Crippen LogP contribution in [0.2, 0.25) is 0 Å². The van der Waals surface area contributed by atoms with Gasteiger partial charge in [0.25, 0.3) is 0 Å². The third-order valence-electron chi connectivity index (χ3n) is 3.89. The van der Waals surface area contributed by atoms with Crippen LogP contribution in [-0.2, 0) is 0 Å². The lowest BCUT2D eigenvalue weighted by Crippen LogP contribution is -2.26. The first-order valence-corrected chi connectivity index (χ1v) is 6.74. The molecule has 3 nitrogen and oxygen atoms in total. The summed E-state index contributed by atoms with van der Waals surface area (Å²) in [5.74, 6) is 0.0382. The van der Waals surface area contributed by atoms with Gasteiger partial charge in [0.1, 0.15) is 5.84 Å². The fraction of sp³-hybridized carbons (Fsp3) is 0.714. The molecule has 0 bridgehead atoms. The molecule has 0 aromatic heterocycles. The van der Waals surface area contributed by atoms with Gasteiger partial charge in [0, 0.05) is 23.7 Å². The maximum absolute atomic E-state index is 12.9. The van der Waals surface area contributed by atoms with Gasteiger partial charge in [0.05, 0.1) is 11.6 Å². The number of nitrogens with two attached hydrogens (primary N) is 1. The maximum Gasteiger partial charge on any atom is 0.419 e. The van der Waals surface area contributed by atoms with Crippen LogP contribution in [0.3, 0.4) is 0 Å². The van der Waals surface area contributed by atoms with Crippen LogP contribution in [0.4, 0.5) is 13.2 Å². The Morgan fingerprint density at radius 3 is 2.20 bits per heavy atom. The highest BCUT2D eigenvalue weighted by Crippen LogP contribution is 2.32. The number of hydrogen-bond acceptors (Lipinski definition) is 2. The van der Waals surface area contributed by atoms with E-state index in [-0.39, 0.29) is 17.7 Å². The second kappa shape index (κ2) is 5.97. The van der Waals surface area contributed by atoms with Crippen LogP contribution in [0.5, 0.6) is 0 Å². The first kappa shape index (κ1) is 16.7. The molecule has 0 fully saturated rings. The molecule has 20 heavy (non-hydrogen) atoms. The number of amidine groups is 1. The highest BCUT2D eigenvalue weighted by atomic mass is 19.4. The highest BCUT2D eigenvalue weighted by Gasteiger charge is 2.38. The molecule has 1 heterocycles. The first-order valence-electron chi connectivity index (χ1n) is 6.74. The minimum atomic E-state index is -4.49. The molecule has 3 atom stereocenters. The van der Waals surface area contributed by atoms with Crippen molar-refractivity contribution in [2.45, 2.75) is 46.8 Å². The van der Waals surface area contributed by atoms with Gasteiger partial charge < -0.3 is 5.73 Å². The van der Waals surface area contributed by atoms with E-state index in [0.29, 0.717) is 11.8 Å². The Morgan fingerprint density at radius 1 is 1.20 bits per heavy atom. The van der Waals surface area contributed by atoms with Gasteiger partial charge in [-0.1, -0.05) is 27.7 Å². The minimum absolute atomic E-state index is 0.00506. The molecule has 0 amide bonds. The van der Waals surface area contributed by atoms with Crippen molar-refractivity contribution in [3.8, 4) is 0 Å². The van der Waals surface area contributed by atoms with Gasteiger partial charge in [0.15, 0.2) is 0 Å². The molecular formula is C14H22F3N3. The van der Waals surface area contributed by atoms with Crippen molar-refractivity contribution in [3.63, 3.8) is 0 Å². The number of allylic oxidation sites excluding steroid dienone is 2. The second-order valence-corrected chi connectivity index (χ2v) is 5.67. The van der Waals surface area contributed by atoms with Crippen LogP contribution in [0, 0.1) is 17.8 Å². The lowest BCUT2D eigenvalue weighted by molar-refractivity contribution is -0.0868. The van der Waals surface area contributed by atoms with E-state index < -0.39 is 17.7 Å². The lowest BCUT2D eigenvalue weighted by atomic mass is 9.90. The fourth-order valence-electron chi connectivity index (χ4n) is 1.81. The summed E-state index contributed by atoms with van der Waals surface area (Å²) in [4.78, 5) is 8.39. The number of aliphatic imine (C=N–C) groups is 2. The number of nitrogens with zero attached hydrogens (tertiary/aromatic N) is 2. The molecule has 0 aromatic carbocycles. The summed E-state index contributed by atoms with van der Waals surface area (Å²) in [5, 5.41) is 0. The third-order valence-corrected chi connectivity index (χ3v) is 3.89. The summed E-state index contributed by atoms with van der Waals surface area (Å²) < 4.78 is 38.8. The predicted molar refractivity (Wildman–Crippen MR) is 75.8 cm³/mol. The smallest absolute Gasteiger partial charge is 0.401 e. The third kappa shape index (κ3) is 3.61. The highest BCUT2D eigenvalue weighted by molar-refractivity contribution is 5.98. The molecule has 0 saturated heterocycles. The largest absolute Gasteiger partial charge is 0.419 e. The Labute approximate surface area is 117 Å². The predicted octanol–water partition coefficient (Wildman–Crippen LogP) is 3.56. The van der Waals surface area contributed by atoms with E-state index in [9.17, 15) is 13.2 Å². The fourth-order valence-corrected chi connectivity index (χ4v) is 1.81. The zero-order valence-corrected chi connectivity index (χ0v) is 12.5. The average Bonchev–Trinajstić information content (AvgIpc) is 2.42. The monoisotopic (exact) mass is 289 g/mol. The molecule has 1 aliphatic heterocycles. The van der Waals surface area contributed by atoms with Crippen molar-refractivity contribution in [1.82, 2.24) is 0 Å². The summed E-state index contributed by atoms with van der Waals surface area (Å²) in [6, 6.07) is 0.00506. The zero-order chi connectivity index (χ0) is 15.7. The Kier molecular flexibility index (Phi) is 5.00. The molecule has 114 valence electrons. The van der Waals surface area contributed by atoms with Gasteiger partial charge in [-0.05, 0) is 12.8 Å². The van der Waals surface area contributed by atoms with Crippen molar-refractivity contribution >= 4 is 12.1 Å². The van der Waals surface area contributed by atoms with Crippen molar-refractivity contribution < 1.29 is 13.2 Å². The molecule has 2 N–H and O–H groups in total. The molecule has 3 unspecified atom stereocenters. The molecule has 0 spiro atoms. The molecule has 1 rings (SSSR count). The van der Waals surface area contributed by atoms with Crippen LogP contribution in [0.15, 0.2) is 21.3 Å². The number of alkyl halides is 3. The number of rotatable bonds is 2. The van der Waals surface area contributed by atoms with Gasteiger partial charge in [-0.3, -0.25) is 4.99 Å². The Hall–Kier alpha value is -1.33. The van der Waals surface area contributed by atoms with E-state index in [0.717, 1.165) is 6.21 Å². The summed E-state index contributed by atoms with van der Waals surface area (Å²) in [6.45, 7) is 9.43. The Morgan fingerprint density at radius 2 is 1.75 bits per heavy atom. The quantitative estimate of drug-likeness (QED) is 0.830. The van der Waals surface area contributed by atoms with Crippen LogP contribution >= 0.6 is 0 Å². The molecule has 6 heteroatoms. The molecule has 0 saturated carbocycles. The van der Waals surface area contributed by atoms with Crippen molar-refractivity contribution in [3.05, 3.63) is 11.3 Å². The van der Waals surface area contributed by atoms with Crippen molar-refractivity contribution in [1.29, 1.82) is 0 Å². The summed E-state index contributed by atoms with van der Waals surface area (Å²) in [6.07, 6.45) is -3.68. The molecule has 1 aliphatic rings. The number of hydrogen-bond donors (Lipinski definition) is 1. The topological polar surface area (TPSA) is 50.7 Å². The van der Waals surface area contributed by atoms with Crippen LogP contribution in [0.25, 0.3) is 0 Å². The van der Waals surface area contributed by atoms with E-state index in [2.05, 4.69) is 9.98 Å². The van der Waals surface area contributed by atoms with E-state index in [1.54, 1.807) is 13.8 Å². The van der Waals surface area contributed by atoms with Gasteiger partial charge in [-0.25, -0.2) is 4.99 Å². The van der Waals surface area contributed by atoms with E-state index >= 15 is 0 Å². The summed E-state index contributed by atoms with van der Waals surface area (Å²) >= 11 is 0. The molecule has 0 aromatic rings. The minimum Gasteiger partial charge on any atom is -0.401 e. The second-order valence-electron chi connectivity index (χ2n) is 5.67. The summed E-state index contributed by atoms with van der Waals surface area (Å²) in [7, 11) is 0. The van der Waals surface area contributed by atoms with E-state index in [1.165, 1.54) is 0 Å². The normalized spacial score (nSPS) is 28.1. The van der Waals surface area contributed by atoms with Crippen LogP contribution < -0.4 is 5.73 Å². The molecular weight excluding hydrogens is 267 g/mol. The Balaban J connectivity index is 3.21. The standard InChI is InChI=1S/C14H22F3N3/c1-7(2)10(5)20-13-9(4)8(3)12(18)11(6-19-13)14(15,16)17/h6-10H,18H2,1-5H3. The maximum atomic E-state index is 12.9. The van der Waals surface area contributed by atoms with Gasteiger partial charge in [-0.15, -0.1) is 0 Å². The van der Waals surface area contributed by atoms with Gasteiger partial charge in [-0.2, -0.15) is 13.2 Å². The van der Waals surface area contributed by atoms with Crippen molar-refractivity contribution in [2.24, 2.45) is 33.5 Å². The van der Waals surface area contributed by atoms with E-state index in [4.69, 9.17) is 5.73 Å². The molecule has 0 radical (unpaired) electrons. The van der Waals surface area contributed by atoms with Crippen LogP contribution in [0.1, 0.15) is 34.6 Å². The summed E-state index contributed by atoms with van der Waals surface area (Å²) in [5.41, 5.74) is 4.63. The van der Waals surface area contributed by atoms with Crippen LogP contribution in [-0.4, -0.2) is 24.3 Å². The lowest BCUT2D eigenvalue weighted by Gasteiger charge is -2.21. The zero-order valence-electron chi connectivity index (χ0n) is 12.5. The van der Waals surface area contributed by atoms with Gasteiger partial charge >= 0.3 is 6.18 Å². The van der Waals surface area contributed by atoms with Gasteiger partial charge in [0.2, 0.25) is 0 Å². The first-order chi connectivity index (χ1) is 9.05. The molecule has 0 aliphatic carbocycles. The average molecular weight is 289 g/mol. The van der Waals surface area contributed by atoms with E-state index in [1.807, 2.05) is 20.8 Å². The van der Waals surface area contributed by atoms with Crippen molar-refractivity contribution in [2.75, 3.05) is 0 Å².